The Morgan fingerprint density at radius 3 is 2.69 bits per heavy atom. The minimum absolute atomic E-state index is 0.0108. The van der Waals surface area contributed by atoms with E-state index in [9.17, 15) is 0 Å². The second-order valence-electron chi connectivity index (χ2n) is 4.08. The summed E-state index contributed by atoms with van der Waals surface area (Å²) in [5.41, 5.74) is 8.10. The zero-order valence-electron chi connectivity index (χ0n) is 9.39. The molecule has 1 atom stereocenters. The molecule has 1 aromatic carbocycles. The van der Waals surface area contributed by atoms with Gasteiger partial charge in [0.05, 0.1) is 12.6 Å². The second-order valence-corrected chi connectivity index (χ2v) is 4.08. The molecule has 1 aliphatic heterocycles. The molecular weight excluding hydrogens is 202 g/mol. The first-order valence-electron chi connectivity index (χ1n) is 5.74. The van der Waals surface area contributed by atoms with E-state index < -0.39 is 0 Å². The summed E-state index contributed by atoms with van der Waals surface area (Å²) in [5.74, 6) is 0. The van der Waals surface area contributed by atoms with Crippen LogP contribution in [0.5, 0.6) is 0 Å². The average molecular weight is 221 g/mol. The summed E-state index contributed by atoms with van der Waals surface area (Å²) < 4.78 is 0. The average Bonchev–Trinajstić information content (AvgIpc) is 2.39. The molecule has 0 amide bonds. The summed E-state index contributed by atoms with van der Waals surface area (Å²) in [6, 6.07) is 7.78. The van der Waals surface area contributed by atoms with E-state index in [1.165, 1.54) is 0 Å². The maximum atomic E-state index is 9.16. The van der Waals surface area contributed by atoms with Gasteiger partial charge in [-0.2, -0.15) is 0 Å². The van der Waals surface area contributed by atoms with E-state index in [0.717, 1.165) is 37.4 Å². The Balaban J connectivity index is 2.24. The van der Waals surface area contributed by atoms with Gasteiger partial charge in [-0.15, -0.1) is 0 Å². The number of nitrogens with two attached hydrogens (primary N) is 1. The van der Waals surface area contributed by atoms with Crippen molar-refractivity contribution in [3.05, 3.63) is 29.8 Å². The molecule has 2 rings (SSSR count). The molecular formula is C12H19N3O. The van der Waals surface area contributed by atoms with Gasteiger partial charge >= 0.3 is 0 Å². The minimum atomic E-state index is -0.286. The molecule has 0 aliphatic carbocycles. The number of hydrogen-bond acceptors (Lipinski definition) is 4. The van der Waals surface area contributed by atoms with Crippen molar-refractivity contribution in [2.45, 2.75) is 6.04 Å². The van der Waals surface area contributed by atoms with Crippen LogP contribution < -0.4 is 16.0 Å². The molecule has 0 unspecified atom stereocenters. The summed E-state index contributed by atoms with van der Waals surface area (Å²) in [5, 5.41) is 12.5. The number of hydrogen-bond donors (Lipinski definition) is 3. The van der Waals surface area contributed by atoms with Gasteiger partial charge < -0.3 is 21.1 Å². The van der Waals surface area contributed by atoms with Gasteiger partial charge in [-0.25, -0.2) is 0 Å². The van der Waals surface area contributed by atoms with Crippen LogP contribution in [0.2, 0.25) is 0 Å². The quantitative estimate of drug-likeness (QED) is 0.677. The van der Waals surface area contributed by atoms with E-state index in [-0.39, 0.29) is 12.6 Å². The zero-order valence-corrected chi connectivity index (χ0v) is 9.39. The molecule has 0 bridgehead atoms. The van der Waals surface area contributed by atoms with Crippen LogP contribution in [-0.4, -0.2) is 37.9 Å². The van der Waals surface area contributed by atoms with Crippen molar-refractivity contribution in [2.75, 3.05) is 37.7 Å². The number of anilines is 1. The van der Waals surface area contributed by atoms with Crippen molar-refractivity contribution in [2.24, 2.45) is 5.73 Å². The third-order valence-corrected chi connectivity index (χ3v) is 2.99. The fraction of sp³-hybridized carbons (Fsp3) is 0.500. The number of nitrogens with zero attached hydrogens (tertiary/aromatic N) is 1. The smallest absolute Gasteiger partial charge is 0.0625 e. The van der Waals surface area contributed by atoms with Crippen molar-refractivity contribution in [1.29, 1.82) is 0 Å². The lowest BCUT2D eigenvalue weighted by molar-refractivity contribution is 0.268. The topological polar surface area (TPSA) is 61.5 Å². The minimum Gasteiger partial charge on any atom is -0.394 e. The summed E-state index contributed by atoms with van der Waals surface area (Å²) in [6.07, 6.45) is 0. The third-order valence-electron chi connectivity index (χ3n) is 2.99. The summed E-state index contributed by atoms with van der Waals surface area (Å²) in [7, 11) is 0. The van der Waals surface area contributed by atoms with Crippen molar-refractivity contribution in [1.82, 2.24) is 5.32 Å². The molecule has 1 saturated heterocycles. The largest absolute Gasteiger partial charge is 0.394 e. The van der Waals surface area contributed by atoms with E-state index >= 15 is 0 Å². The Kier molecular flexibility index (Phi) is 3.77. The lowest BCUT2D eigenvalue weighted by atomic mass is 10.0. The standard InChI is InChI=1S/C12H19N3O/c13-11(9-16)10-3-1-2-4-12(10)15-7-5-14-6-8-15/h1-4,11,14,16H,5-9,13H2/t11-/m0/s1. The molecule has 16 heavy (non-hydrogen) atoms. The molecule has 1 fully saturated rings. The van der Waals surface area contributed by atoms with Crippen molar-refractivity contribution in [3.8, 4) is 0 Å². The van der Waals surface area contributed by atoms with Gasteiger partial charge in [-0.3, -0.25) is 0 Å². The molecule has 4 heteroatoms. The van der Waals surface area contributed by atoms with E-state index in [0.29, 0.717) is 0 Å². The van der Waals surface area contributed by atoms with Crippen LogP contribution in [0.15, 0.2) is 24.3 Å². The normalized spacial score (nSPS) is 18.5. The zero-order chi connectivity index (χ0) is 11.4. The van der Waals surface area contributed by atoms with Gasteiger partial charge in [-0.1, -0.05) is 18.2 Å². The van der Waals surface area contributed by atoms with Crippen LogP contribution in [0.25, 0.3) is 0 Å². The second kappa shape index (κ2) is 5.30. The molecule has 0 radical (unpaired) electrons. The third kappa shape index (κ3) is 2.35. The molecule has 1 aromatic rings. The van der Waals surface area contributed by atoms with E-state index in [4.69, 9.17) is 10.8 Å². The first kappa shape index (κ1) is 11.4. The van der Waals surface area contributed by atoms with Crippen LogP contribution in [-0.2, 0) is 0 Å². The Hall–Kier alpha value is -1.10. The lowest BCUT2D eigenvalue weighted by Crippen LogP contribution is -2.44. The molecule has 4 N–H and O–H groups in total. The molecule has 0 spiro atoms. The van der Waals surface area contributed by atoms with Crippen LogP contribution in [0, 0.1) is 0 Å². The molecule has 1 aliphatic rings. The monoisotopic (exact) mass is 221 g/mol. The van der Waals surface area contributed by atoms with Crippen LogP contribution in [0.1, 0.15) is 11.6 Å². The lowest BCUT2D eigenvalue weighted by Gasteiger charge is -2.32. The maximum Gasteiger partial charge on any atom is 0.0625 e. The van der Waals surface area contributed by atoms with Gasteiger partial charge in [0, 0.05) is 31.9 Å². The van der Waals surface area contributed by atoms with Gasteiger partial charge in [0.15, 0.2) is 0 Å². The number of para-hydroxylation sites is 1. The number of piperazine rings is 1. The summed E-state index contributed by atoms with van der Waals surface area (Å²) in [6.45, 7) is 3.98. The highest BCUT2D eigenvalue weighted by atomic mass is 16.3. The van der Waals surface area contributed by atoms with Crippen LogP contribution in [0.4, 0.5) is 5.69 Å². The first-order chi connectivity index (χ1) is 7.83. The van der Waals surface area contributed by atoms with Crippen molar-refractivity contribution in [3.63, 3.8) is 0 Å². The number of aliphatic hydroxyl groups is 1. The van der Waals surface area contributed by atoms with Crippen molar-refractivity contribution >= 4 is 5.69 Å². The highest BCUT2D eigenvalue weighted by Crippen LogP contribution is 2.25. The van der Waals surface area contributed by atoms with Gasteiger partial charge in [0.25, 0.3) is 0 Å². The molecule has 0 aromatic heterocycles. The predicted octanol–water partition coefficient (Wildman–Crippen LogP) is 0.0883. The number of benzene rings is 1. The molecule has 1 heterocycles. The van der Waals surface area contributed by atoms with E-state index in [1.54, 1.807) is 0 Å². The Morgan fingerprint density at radius 2 is 2.00 bits per heavy atom. The summed E-state index contributed by atoms with van der Waals surface area (Å²) in [4.78, 5) is 2.32. The van der Waals surface area contributed by atoms with Gasteiger partial charge in [0.1, 0.15) is 0 Å². The van der Waals surface area contributed by atoms with Gasteiger partial charge in [-0.05, 0) is 11.6 Å². The fourth-order valence-corrected chi connectivity index (χ4v) is 2.09. The molecule has 88 valence electrons. The highest BCUT2D eigenvalue weighted by molar-refractivity contribution is 5.55. The van der Waals surface area contributed by atoms with Gasteiger partial charge in [0.2, 0.25) is 0 Å². The number of nitrogens with one attached hydrogen (secondary N) is 1. The number of aliphatic hydroxyl groups excluding tert-OH is 1. The maximum absolute atomic E-state index is 9.16. The SMILES string of the molecule is N[C@@H](CO)c1ccccc1N1CCNCC1. The Bertz CT molecular complexity index is 337. The van der Waals surface area contributed by atoms with E-state index in [1.807, 2.05) is 18.2 Å². The highest BCUT2D eigenvalue weighted by Gasteiger charge is 2.16. The summed E-state index contributed by atoms with van der Waals surface area (Å²) >= 11 is 0. The van der Waals surface area contributed by atoms with Crippen molar-refractivity contribution < 1.29 is 5.11 Å². The Labute approximate surface area is 96.1 Å². The molecule has 4 nitrogen and oxygen atoms in total. The molecule has 0 saturated carbocycles. The van der Waals surface area contributed by atoms with Crippen LogP contribution in [0.3, 0.4) is 0 Å². The van der Waals surface area contributed by atoms with Crippen LogP contribution >= 0.6 is 0 Å². The number of rotatable bonds is 3. The predicted molar refractivity (Wildman–Crippen MR) is 65.5 cm³/mol. The van der Waals surface area contributed by atoms with E-state index in [2.05, 4.69) is 16.3 Å². The first-order valence-corrected chi connectivity index (χ1v) is 5.74. The fourth-order valence-electron chi connectivity index (χ4n) is 2.09. The Morgan fingerprint density at radius 1 is 1.31 bits per heavy atom.